The molecule has 0 bridgehead atoms. The summed E-state index contributed by atoms with van der Waals surface area (Å²) in [5.41, 5.74) is 2.16. The average Bonchev–Trinajstić information content (AvgIpc) is 2.78. The smallest absolute Gasteiger partial charge is 0.195 e. The van der Waals surface area contributed by atoms with E-state index in [4.69, 9.17) is 10.5 Å². The van der Waals surface area contributed by atoms with Crippen LogP contribution >= 0.6 is 0 Å². The van der Waals surface area contributed by atoms with E-state index < -0.39 is 5.83 Å². The Labute approximate surface area is 175 Å². The molecule has 2 aliphatic rings. The van der Waals surface area contributed by atoms with Crippen LogP contribution in [-0.4, -0.2) is 0 Å². The predicted octanol–water partition coefficient (Wildman–Crippen LogP) is 7.58. The van der Waals surface area contributed by atoms with E-state index in [0.717, 1.165) is 30.2 Å². The molecule has 0 atom stereocenters. The van der Waals surface area contributed by atoms with E-state index in [0.29, 0.717) is 5.92 Å². The Morgan fingerprint density at radius 2 is 1.41 bits per heavy atom. The molecule has 3 heteroatoms. The Hall–Kier alpha value is -2.13. The third-order valence-electron chi connectivity index (χ3n) is 7.21. The average molecular weight is 393 g/mol. The summed E-state index contributed by atoms with van der Waals surface area (Å²) in [6.07, 6.45) is 16.6. The Kier molecular flexibility index (Phi) is 8.30. The molecule has 2 aliphatic carbocycles. The third-order valence-corrected chi connectivity index (χ3v) is 7.21. The van der Waals surface area contributed by atoms with Crippen molar-refractivity contribution in [2.75, 3.05) is 0 Å². The topological polar surface area (TPSA) is 47.6 Å². The zero-order valence-corrected chi connectivity index (χ0v) is 17.5. The van der Waals surface area contributed by atoms with Gasteiger partial charge in [-0.1, -0.05) is 37.8 Å². The highest BCUT2D eigenvalue weighted by Gasteiger charge is 2.23. The van der Waals surface area contributed by atoms with Gasteiger partial charge in [0.15, 0.2) is 5.83 Å². The van der Waals surface area contributed by atoms with Crippen molar-refractivity contribution in [1.29, 1.82) is 10.5 Å². The van der Waals surface area contributed by atoms with Crippen LogP contribution in [0.15, 0.2) is 36.2 Å². The second kappa shape index (κ2) is 11.2. The van der Waals surface area contributed by atoms with Gasteiger partial charge in [-0.05, 0) is 98.8 Å². The number of halogens is 1. The van der Waals surface area contributed by atoms with Crippen molar-refractivity contribution in [2.24, 2.45) is 17.8 Å². The molecule has 2 nitrogen and oxygen atoms in total. The highest BCUT2D eigenvalue weighted by Crippen LogP contribution is 2.38. The first-order valence-electron chi connectivity index (χ1n) is 11.5. The van der Waals surface area contributed by atoms with Gasteiger partial charge in [0, 0.05) is 0 Å². The highest BCUT2D eigenvalue weighted by molar-refractivity contribution is 5.33. The lowest BCUT2D eigenvalue weighted by Crippen LogP contribution is -2.14. The summed E-state index contributed by atoms with van der Waals surface area (Å²) in [7, 11) is 0. The molecule has 0 radical (unpaired) electrons. The van der Waals surface area contributed by atoms with Gasteiger partial charge in [0.05, 0.1) is 11.6 Å². The van der Waals surface area contributed by atoms with E-state index >= 15 is 0 Å². The lowest BCUT2D eigenvalue weighted by molar-refractivity contribution is 0.272. The van der Waals surface area contributed by atoms with Gasteiger partial charge >= 0.3 is 0 Å². The Bertz CT molecular complexity index is 736. The van der Waals surface area contributed by atoms with Gasteiger partial charge in [0.1, 0.15) is 6.07 Å². The number of hydrogen-bond acceptors (Lipinski definition) is 2. The zero-order chi connectivity index (χ0) is 20.5. The molecule has 2 fully saturated rings. The molecular weight excluding hydrogens is 359 g/mol. The molecule has 0 unspecified atom stereocenters. The quantitative estimate of drug-likeness (QED) is 0.355. The van der Waals surface area contributed by atoms with Crippen LogP contribution in [0.3, 0.4) is 0 Å². The molecule has 0 spiro atoms. The maximum Gasteiger partial charge on any atom is 0.196 e. The number of benzene rings is 1. The number of rotatable bonds is 7. The lowest BCUT2D eigenvalue weighted by atomic mass is 9.76. The van der Waals surface area contributed by atoms with Gasteiger partial charge in [0.25, 0.3) is 0 Å². The zero-order valence-electron chi connectivity index (χ0n) is 17.5. The van der Waals surface area contributed by atoms with E-state index in [1.165, 1.54) is 75.8 Å². The van der Waals surface area contributed by atoms with Gasteiger partial charge in [-0.15, -0.1) is 0 Å². The minimum atomic E-state index is -0.609. The normalized spacial score (nSPS) is 27.8. The molecule has 0 N–H and O–H groups in total. The summed E-state index contributed by atoms with van der Waals surface area (Å²) in [5, 5.41) is 17.5. The Balaban J connectivity index is 1.28. The van der Waals surface area contributed by atoms with Gasteiger partial charge in [-0.25, -0.2) is 0 Å². The first-order chi connectivity index (χ1) is 14.2. The fourth-order valence-corrected chi connectivity index (χ4v) is 5.37. The van der Waals surface area contributed by atoms with Crippen molar-refractivity contribution < 1.29 is 4.39 Å². The van der Waals surface area contributed by atoms with Crippen molar-refractivity contribution >= 4 is 0 Å². The van der Waals surface area contributed by atoms with Gasteiger partial charge < -0.3 is 0 Å². The Morgan fingerprint density at radius 3 is 1.93 bits per heavy atom. The maximum absolute atomic E-state index is 13.1. The van der Waals surface area contributed by atoms with E-state index in [1.807, 2.05) is 12.1 Å². The largest absolute Gasteiger partial charge is 0.196 e. The fraction of sp³-hybridized carbons (Fsp3) is 0.615. The van der Waals surface area contributed by atoms with Crippen LogP contribution in [0.2, 0.25) is 0 Å². The van der Waals surface area contributed by atoms with Crippen molar-refractivity contribution in [1.82, 2.24) is 0 Å². The summed E-state index contributed by atoms with van der Waals surface area (Å²) in [6, 6.07) is 12.0. The summed E-state index contributed by atoms with van der Waals surface area (Å²) < 4.78 is 13.1. The predicted molar refractivity (Wildman–Crippen MR) is 115 cm³/mol. The first-order valence-corrected chi connectivity index (χ1v) is 11.5. The van der Waals surface area contributed by atoms with Crippen molar-refractivity contribution in [2.45, 2.75) is 83.0 Å². The monoisotopic (exact) mass is 392 g/mol. The second-order valence-corrected chi connectivity index (χ2v) is 9.14. The van der Waals surface area contributed by atoms with Crippen molar-refractivity contribution in [3.05, 3.63) is 47.3 Å². The molecular formula is C26H33FN2. The second-order valence-electron chi connectivity index (χ2n) is 9.14. The van der Waals surface area contributed by atoms with E-state index in [9.17, 15) is 4.39 Å². The SMILES string of the molecule is N#CC(F)=C[C@H]1CC[C@H](CCCC[C@H]2CC[C@H](c3ccc(C#N)cc3)CC2)CC1. The number of allylic oxidation sites excluding steroid dienone is 2. The van der Waals surface area contributed by atoms with Crippen LogP contribution in [0.4, 0.5) is 4.39 Å². The third kappa shape index (κ3) is 6.71. The van der Waals surface area contributed by atoms with E-state index in [-0.39, 0.29) is 5.92 Å². The molecule has 0 heterocycles. The lowest BCUT2D eigenvalue weighted by Gasteiger charge is -2.29. The van der Waals surface area contributed by atoms with Gasteiger partial charge in [-0.2, -0.15) is 14.9 Å². The van der Waals surface area contributed by atoms with E-state index in [1.54, 1.807) is 6.07 Å². The Morgan fingerprint density at radius 1 is 0.862 bits per heavy atom. The number of nitriles is 2. The summed E-state index contributed by atoms with van der Waals surface area (Å²) in [6.45, 7) is 0. The molecule has 0 saturated heterocycles. The maximum atomic E-state index is 13.1. The summed E-state index contributed by atoms with van der Waals surface area (Å²) in [4.78, 5) is 0. The molecule has 154 valence electrons. The first kappa shape index (κ1) is 21.6. The molecule has 0 aliphatic heterocycles. The minimum Gasteiger partial charge on any atom is -0.195 e. The summed E-state index contributed by atoms with van der Waals surface area (Å²) in [5.74, 6) is 2.03. The van der Waals surface area contributed by atoms with Crippen LogP contribution < -0.4 is 0 Å². The molecule has 1 aromatic rings. The summed E-state index contributed by atoms with van der Waals surface area (Å²) >= 11 is 0. The van der Waals surface area contributed by atoms with Crippen LogP contribution in [0.5, 0.6) is 0 Å². The van der Waals surface area contributed by atoms with Crippen LogP contribution in [0.25, 0.3) is 0 Å². The number of unbranched alkanes of at least 4 members (excludes halogenated alkanes) is 1. The molecule has 3 rings (SSSR count). The highest BCUT2D eigenvalue weighted by atomic mass is 19.1. The van der Waals surface area contributed by atoms with Gasteiger partial charge in [0.2, 0.25) is 0 Å². The van der Waals surface area contributed by atoms with E-state index in [2.05, 4.69) is 18.2 Å². The number of hydrogen-bond donors (Lipinski definition) is 0. The molecule has 1 aromatic carbocycles. The van der Waals surface area contributed by atoms with Crippen LogP contribution in [0, 0.1) is 40.4 Å². The van der Waals surface area contributed by atoms with Crippen molar-refractivity contribution in [3.63, 3.8) is 0 Å². The molecule has 0 aromatic heterocycles. The van der Waals surface area contributed by atoms with Crippen molar-refractivity contribution in [3.8, 4) is 12.1 Å². The molecule has 0 amide bonds. The molecule has 2 saturated carbocycles. The van der Waals surface area contributed by atoms with Crippen LogP contribution in [0.1, 0.15) is 94.1 Å². The fourth-order valence-electron chi connectivity index (χ4n) is 5.37. The van der Waals surface area contributed by atoms with Crippen LogP contribution in [-0.2, 0) is 0 Å². The minimum absolute atomic E-state index is 0.275. The standard InChI is InChI=1S/C26H33FN2/c27-26(19-29)17-22-7-5-20(6-8-22)3-1-2-4-21-9-13-24(14-10-21)25-15-11-23(18-28)12-16-25/h11-12,15-17,20-22,24H,1-10,13-14H2/t20-,21-,22-,24-. The number of nitrogens with zero attached hydrogens (tertiary/aromatic N) is 2. The molecule has 29 heavy (non-hydrogen) atoms. The van der Waals surface area contributed by atoms with Gasteiger partial charge in [-0.3, -0.25) is 0 Å².